The van der Waals surface area contributed by atoms with Gasteiger partial charge in [-0.2, -0.15) is 0 Å². The maximum absolute atomic E-state index is 11.7. The molecule has 3 N–H and O–H groups in total. The zero-order chi connectivity index (χ0) is 17.3. The molecule has 3 aromatic rings. The molecule has 0 saturated heterocycles. The van der Waals surface area contributed by atoms with Crippen molar-refractivity contribution in [1.29, 1.82) is 0 Å². The average molecular weight is 387 g/mol. The Balaban J connectivity index is 2.11. The van der Waals surface area contributed by atoms with Gasteiger partial charge in [0.15, 0.2) is 0 Å². The van der Waals surface area contributed by atoms with E-state index in [0.717, 1.165) is 0 Å². The Morgan fingerprint density at radius 2 is 2.08 bits per heavy atom. The van der Waals surface area contributed by atoms with Crippen molar-refractivity contribution in [1.82, 2.24) is 15.0 Å². The van der Waals surface area contributed by atoms with Crippen molar-refractivity contribution in [2.24, 2.45) is 0 Å². The lowest BCUT2D eigenvalue weighted by Gasteiger charge is -2.08. The summed E-state index contributed by atoms with van der Waals surface area (Å²) in [6.07, 6.45) is 2.73. The predicted octanol–water partition coefficient (Wildman–Crippen LogP) is 3.17. The van der Waals surface area contributed by atoms with Gasteiger partial charge in [0.1, 0.15) is 12.0 Å². The Kier molecular flexibility index (Phi) is 4.13. The van der Waals surface area contributed by atoms with Gasteiger partial charge in [-0.3, -0.25) is 4.79 Å². The molecule has 0 aliphatic rings. The molecule has 24 heavy (non-hydrogen) atoms. The number of aromatic nitrogens is 3. The molecule has 1 aromatic carbocycles. The number of carbonyl (C=O) groups excluding carboxylic acids is 1. The second kappa shape index (κ2) is 6.25. The van der Waals surface area contributed by atoms with E-state index in [-0.39, 0.29) is 16.0 Å². The molecule has 0 saturated carbocycles. The van der Waals surface area contributed by atoms with Crippen molar-refractivity contribution in [3.05, 3.63) is 53.4 Å². The highest BCUT2D eigenvalue weighted by molar-refractivity contribution is 9.12. The third-order valence-electron chi connectivity index (χ3n) is 3.34. The fourth-order valence-electron chi connectivity index (χ4n) is 2.29. The van der Waals surface area contributed by atoms with Crippen molar-refractivity contribution in [2.75, 3.05) is 5.32 Å². The van der Waals surface area contributed by atoms with Crippen molar-refractivity contribution in [2.45, 2.75) is 0 Å². The van der Waals surface area contributed by atoms with E-state index in [0.29, 0.717) is 28.0 Å². The lowest BCUT2D eigenvalue weighted by molar-refractivity contribution is -0.112. The number of carbonyl (C=O) groups is 2. The van der Waals surface area contributed by atoms with Crippen LogP contribution in [-0.2, 0) is 4.79 Å². The number of hydrogen-bond acceptors (Lipinski definition) is 4. The molecule has 0 radical (unpaired) electrons. The van der Waals surface area contributed by atoms with Crippen LogP contribution in [0.15, 0.2) is 47.9 Å². The Morgan fingerprint density at radius 3 is 2.79 bits per heavy atom. The molecule has 8 heteroatoms. The van der Waals surface area contributed by atoms with Crippen molar-refractivity contribution in [3.63, 3.8) is 0 Å². The number of carboxylic acid groups (broad SMARTS) is 1. The fourth-order valence-corrected chi connectivity index (χ4v) is 2.39. The number of nitrogens with zero attached hydrogens (tertiary/aromatic N) is 2. The standard InChI is InChI=1S/C16H11BrN4O3/c1-8(17)15(22)21-10-4-2-3-9(5-10)13-12-11(16(23)24)6-18-14(12)20-7-19-13/h2-7H,1H2,(H,21,22)(H,23,24)(H,18,19,20). The number of benzene rings is 1. The summed E-state index contributed by atoms with van der Waals surface area (Å²) in [5, 5.41) is 12.4. The molecule has 0 atom stereocenters. The van der Waals surface area contributed by atoms with Gasteiger partial charge in [-0.15, -0.1) is 0 Å². The van der Waals surface area contributed by atoms with Gasteiger partial charge in [0.25, 0.3) is 5.91 Å². The maximum atomic E-state index is 11.7. The highest BCUT2D eigenvalue weighted by Gasteiger charge is 2.17. The van der Waals surface area contributed by atoms with Crippen LogP contribution in [0.3, 0.4) is 0 Å². The van der Waals surface area contributed by atoms with E-state index in [9.17, 15) is 14.7 Å². The highest BCUT2D eigenvalue weighted by Crippen LogP contribution is 2.29. The quantitative estimate of drug-likeness (QED) is 0.596. The van der Waals surface area contributed by atoms with Crippen molar-refractivity contribution < 1.29 is 14.7 Å². The number of aromatic amines is 1. The van der Waals surface area contributed by atoms with E-state index in [1.807, 2.05) is 0 Å². The van der Waals surface area contributed by atoms with E-state index in [2.05, 4.69) is 42.8 Å². The molecule has 7 nitrogen and oxygen atoms in total. The molecule has 0 spiro atoms. The van der Waals surface area contributed by atoms with Crippen LogP contribution in [0.2, 0.25) is 0 Å². The van der Waals surface area contributed by atoms with E-state index in [1.54, 1.807) is 24.3 Å². The number of aromatic carboxylic acids is 1. The van der Waals surface area contributed by atoms with Gasteiger partial charge >= 0.3 is 5.97 Å². The number of nitrogens with one attached hydrogen (secondary N) is 2. The van der Waals surface area contributed by atoms with Gasteiger partial charge in [0.2, 0.25) is 0 Å². The number of fused-ring (bicyclic) bond motifs is 1. The maximum Gasteiger partial charge on any atom is 0.338 e. The summed E-state index contributed by atoms with van der Waals surface area (Å²) in [6, 6.07) is 6.93. The minimum atomic E-state index is -1.07. The van der Waals surface area contributed by atoms with Gasteiger partial charge < -0.3 is 15.4 Å². The molecule has 2 aromatic heterocycles. The molecule has 2 heterocycles. The van der Waals surface area contributed by atoms with Crippen LogP contribution in [-0.4, -0.2) is 31.9 Å². The van der Waals surface area contributed by atoms with E-state index in [1.165, 1.54) is 12.5 Å². The first-order valence-electron chi connectivity index (χ1n) is 6.79. The molecule has 0 aliphatic carbocycles. The van der Waals surface area contributed by atoms with Gasteiger partial charge in [-0.25, -0.2) is 14.8 Å². The van der Waals surface area contributed by atoms with Crippen LogP contribution in [0.1, 0.15) is 10.4 Å². The molecule has 1 amide bonds. The first-order valence-corrected chi connectivity index (χ1v) is 7.58. The lowest BCUT2D eigenvalue weighted by atomic mass is 10.1. The molecular formula is C16H11BrN4O3. The van der Waals surface area contributed by atoms with E-state index in [4.69, 9.17) is 0 Å². The third-order valence-corrected chi connectivity index (χ3v) is 3.70. The molecular weight excluding hydrogens is 376 g/mol. The number of H-pyrrole nitrogens is 1. The summed E-state index contributed by atoms with van der Waals surface area (Å²) in [5.41, 5.74) is 2.18. The summed E-state index contributed by atoms with van der Waals surface area (Å²) >= 11 is 3.02. The van der Waals surface area contributed by atoms with Crippen LogP contribution in [0.4, 0.5) is 5.69 Å². The molecule has 0 aliphatic heterocycles. The third kappa shape index (κ3) is 2.91. The Morgan fingerprint density at radius 1 is 1.29 bits per heavy atom. The monoisotopic (exact) mass is 386 g/mol. The summed E-state index contributed by atoms with van der Waals surface area (Å²) in [4.78, 5) is 34.2. The second-order valence-electron chi connectivity index (χ2n) is 4.89. The van der Waals surface area contributed by atoms with Crippen molar-refractivity contribution in [3.8, 4) is 11.3 Å². The number of rotatable bonds is 4. The zero-order valence-corrected chi connectivity index (χ0v) is 13.8. The number of halogens is 1. The van der Waals surface area contributed by atoms with Crippen molar-refractivity contribution >= 4 is 44.5 Å². The van der Waals surface area contributed by atoms with Gasteiger partial charge in [-0.1, -0.05) is 18.7 Å². The summed E-state index contributed by atoms with van der Waals surface area (Å²) in [6.45, 7) is 3.51. The molecule has 0 bridgehead atoms. The fraction of sp³-hybridized carbons (Fsp3) is 0. The topological polar surface area (TPSA) is 108 Å². The molecule has 0 unspecified atom stereocenters. The highest BCUT2D eigenvalue weighted by atomic mass is 79.9. The second-order valence-corrected chi connectivity index (χ2v) is 5.85. The number of anilines is 1. The normalized spacial score (nSPS) is 10.5. The predicted molar refractivity (Wildman–Crippen MR) is 93.0 cm³/mol. The summed E-state index contributed by atoms with van der Waals surface area (Å²) < 4.78 is 0.205. The van der Waals surface area contributed by atoms with Gasteiger partial charge in [0.05, 0.1) is 21.1 Å². The van der Waals surface area contributed by atoms with Crippen LogP contribution in [0.25, 0.3) is 22.3 Å². The first kappa shape index (κ1) is 15.9. The van der Waals surface area contributed by atoms with E-state index < -0.39 is 5.97 Å². The molecule has 0 fully saturated rings. The van der Waals surface area contributed by atoms with E-state index >= 15 is 0 Å². The minimum Gasteiger partial charge on any atom is -0.478 e. The number of hydrogen-bond donors (Lipinski definition) is 3. The van der Waals surface area contributed by atoms with Crippen LogP contribution in [0, 0.1) is 0 Å². The largest absolute Gasteiger partial charge is 0.478 e. The average Bonchev–Trinajstić information content (AvgIpc) is 2.99. The molecule has 120 valence electrons. The minimum absolute atomic E-state index is 0.0869. The Labute approximate surface area is 144 Å². The van der Waals surface area contributed by atoms with Crippen LogP contribution in [0.5, 0.6) is 0 Å². The van der Waals surface area contributed by atoms with Gasteiger partial charge in [-0.05, 0) is 28.1 Å². The lowest BCUT2D eigenvalue weighted by Crippen LogP contribution is -2.10. The number of amides is 1. The smallest absolute Gasteiger partial charge is 0.338 e. The molecule has 3 rings (SSSR count). The number of carboxylic acids is 1. The summed E-state index contributed by atoms with van der Waals surface area (Å²) in [7, 11) is 0. The van der Waals surface area contributed by atoms with Crippen LogP contribution < -0.4 is 5.32 Å². The first-order chi connectivity index (χ1) is 11.5. The zero-order valence-electron chi connectivity index (χ0n) is 12.2. The summed E-state index contributed by atoms with van der Waals surface area (Å²) in [5.74, 6) is -1.44. The van der Waals surface area contributed by atoms with Crippen LogP contribution >= 0.6 is 15.9 Å². The van der Waals surface area contributed by atoms with Gasteiger partial charge in [0, 0.05) is 17.4 Å². The Hall–Kier alpha value is -3.00. The SMILES string of the molecule is C=C(Br)C(=O)Nc1cccc(-c2ncnc3[nH]cc(C(=O)O)c23)c1. The Bertz CT molecular complexity index is 980.